The Kier molecular flexibility index (Phi) is 7.69. The third-order valence-corrected chi connectivity index (χ3v) is 4.16. The van der Waals surface area contributed by atoms with E-state index in [1.807, 2.05) is 6.92 Å². The Hall–Kier alpha value is -0.220. The standard InChI is InChI=1S/C13H26N2OS/c1-11(14)8-9-17-10-13(16)15-12-6-4-2-3-5-7-12/h11-12H,2-10,14H2,1H3,(H,15,16). The van der Waals surface area contributed by atoms with E-state index in [0.717, 1.165) is 25.0 Å². The fourth-order valence-electron chi connectivity index (χ4n) is 2.13. The van der Waals surface area contributed by atoms with Crippen LogP contribution in [0.4, 0.5) is 0 Å². The fraction of sp³-hybridized carbons (Fsp3) is 0.923. The minimum Gasteiger partial charge on any atom is -0.353 e. The van der Waals surface area contributed by atoms with Crippen LogP contribution in [0.5, 0.6) is 0 Å². The van der Waals surface area contributed by atoms with Gasteiger partial charge >= 0.3 is 0 Å². The molecule has 0 saturated heterocycles. The zero-order chi connectivity index (χ0) is 12.5. The lowest BCUT2D eigenvalue weighted by atomic mass is 10.1. The number of amides is 1. The van der Waals surface area contributed by atoms with Gasteiger partial charge in [0.05, 0.1) is 5.75 Å². The van der Waals surface area contributed by atoms with Crippen molar-refractivity contribution in [1.82, 2.24) is 5.32 Å². The molecule has 1 amide bonds. The van der Waals surface area contributed by atoms with Gasteiger partial charge in [0.15, 0.2) is 0 Å². The predicted octanol–water partition coefficient (Wildman–Crippen LogP) is 2.30. The number of carbonyl (C=O) groups is 1. The lowest BCUT2D eigenvalue weighted by Crippen LogP contribution is -2.35. The van der Waals surface area contributed by atoms with Gasteiger partial charge in [-0.05, 0) is 31.9 Å². The number of rotatable bonds is 6. The van der Waals surface area contributed by atoms with Crippen molar-refractivity contribution in [1.29, 1.82) is 0 Å². The van der Waals surface area contributed by atoms with Gasteiger partial charge in [-0.3, -0.25) is 4.79 Å². The van der Waals surface area contributed by atoms with E-state index in [0.29, 0.717) is 11.8 Å². The van der Waals surface area contributed by atoms with E-state index in [9.17, 15) is 4.79 Å². The van der Waals surface area contributed by atoms with Crippen molar-refractivity contribution in [2.24, 2.45) is 5.73 Å². The molecule has 17 heavy (non-hydrogen) atoms. The van der Waals surface area contributed by atoms with Gasteiger partial charge in [0.2, 0.25) is 5.91 Å². The van der Waals surface area contributed by atoms with Gasteiger partial charge in [0.25, 0.3) is 0 Å². The monoisotopic (exact) mass is 258 g/mol. The average Bonchev–Trinajstić information content (AvgIpc) is 2.53. The van der Waals surface area contributed by atoms with Crippen molar-refractivity contribution in [2.45, 2.75) is 64.0 Å². The molecule has 1 unspecified atom stereocenters. The molecule has 1 saturated carbocycles. The van der Waals surface area contributed by atoms with E-state index >= 15 is 0 Å². The first-order chi connectivity index (χ1) is 8.18. The van der Waals surface area contributed by atoms with E-state index in [4.69, 9.17) is 5.73 Å². The van der Waals surface area contributed by atoms with Gasteiger partial charge in [0, 0.05) is 12.1 Å². The fourth-order valence-corrected chi connectivity index (χ4v) is 3.08. The summed E-state index contributed by atoms with van der Waals surface area (Å²) < 4.78 is 0. The summed E-state index contributed by atoms with van der Waals surface area (Å²) in [5.74, 6) is 1.77. The average molecular weight is 258 g/mol. The summed E-state index contributed by atoms with van der Waals surface area (Å²) >= 11 is 1.69. The molecule has 0 bridgehead atoms. The highest BCUT2D eigenvalue weighted by Gasteiger charge is 2.14. The Morgan fingerprint density at radius 2 is 2.00 bits per heavy atom. The van der Waals surface area contributed by atoms with Crippen molar-refractivity contribution in [3.8, 4) is 0 Å². The molecule has 0 aliphatic heterocycles. The van der Waals surface area contributed by atoms with Crippen molar-refractivity contribution in [3.63, 3.8) is 0 Å². The Morgan fingerprint density at radius 1 is 1.35 bits per heavy atom. The zero-order valence-electron chi connectivity index (χ0n) is 10.9. The number of carbonyl (C=O) groups excluding carboxylic acids is 1. The molecule has 1 aliphatic rings. The van der Waals surface area contributed by atoms with Crippen LogP contribution in [-0.4, -0.2) is 29.5 Å². The molecule has 4 heteroatoms. The lowest BCUT2D eigenvalue weighted by molar-refractivity contribution is -0.119. The molecule has 0 aromatic rings. The molecule has 0 radical (unpaired) electrons. The third-order valence-electron chi connectivity index (χ3n) is 3.17. The van der Waals surface area contributed by atoms with Crippen LogP contribution in [0.25, 0.3) is 0 Å². The first kappa shape index (κ1) is 14.8. The Labute approximate surface area is 109 Å². The molecule has 1 atom stereocenters. The van der Waals surface area contributed by atoms with Gasteiger partial charge in [-0.25, -0.2) is 0 Å². The topological polar surface area (TPSA) is 55.1 Å². The first-order valence-corrected chi connectivity index (χ1v) is 7.96. The highest BCUT2D eigenvalue weighted by molar-refractivity contribution is 7.99. The number of hydrogen-bond donors (Lipinski definition) is 2. The van der Waals surface area contributed by atoms with Crippen molar-refractivity contribution in [2.75, 3.05) is 11.5 Å². The lowest BCUT2D eigenvalue weighted by Gasteiger charge is -2.16. The molecule has 3 nitrogen and oxygen atoms in total. The van der Waals surface area contributed by atoms with E-state index in [2.05, 4.69) is 5.32 Å². The Bertz CT molecular complexity index is 213. The minimum atomic E-state index is 0.201. The maximum Gasteiger partial charge on any atom is 0.230 e. The molecule has 0 heterocycles. The van der Waals surface area contributed by atoms with Gasteiger partial charge in [-0.1, -0.05) is 25.7 Å². The summed E-state index contributed by atoms with van der Waals surface area (Å²) in [6.07, 6.45) is 8.50. The molecule has 3 N–H and O–H groups in total. The molecule has 1 aliphatic carbocycles. The summed E-state index contributed by atoms with van der Waals surface area (Å²) in [5.41, 5.74) is 5.66. The van der Waals surface area contributed by atoms with E-state index < -0.39 is 0 Å². The quantitative estimate of drug-likeness (QED) is 0.568. The number of hydrogen-bond acceptors (Lipinski definition) is 3. The second-order valence-corrected chi connectivity index (χ2v) is 6.18. The number of thioether (sulfide) groups is 1. The van der Waals surface area contributed by atoms with Crippen LogP contribution in [0.2, 0.25) is 0 Å². The van der Waals surface area contributed by atoms with Crippen molar-refractivity contribution >= 4 is 17.7 Å². The van der Waals surface area contributed by atoms with Crippen molar-refractivity contribution < 1.29 is 4.79 Å². The Balaban J connectivity index is 2.07. The summed E-state index contributed by atoms with van der Waals surface area (Å²) in [7, 11) is 0. The molecule has 0 spiro atoms. The number of nitrogens with one attached hydrogen (secondary N) is 1. The van der Waals surface area contributed by atoms with Gasteiger partial charge < -0.3 is 11.1 Å². The highest BCUT2D eigenvalue weighted by Crippen LogP contribution is 2.17. The Morgan fingerprint density at radius 3 is 2.59 bits per heavy atom. The van der Waals surface area contributed by atoms with E-state index in [-0.39, 0.29) is 11.9 Å². The molecular weight excluding hydrogens is 232 g/mol. The first-order valence-electron chi connectivity index (χ1n) is 6.81. The molecule has 1 rings (SSSR count). The second kappa shape index (κ2) is 8.81. The van der Waals surface area contributed by atoms with Crippen molar-refractivity contribution in [3.05, 3.63) is 0 Å². The molecule has 1 fully saturated rings. The molecule has 0 aromatic carbocycles. The summed E-state index contributed by atoms with van der Waals surface area (Å²) in [4.78, 5) is 11.7. The SMILES string of the molecule is CC(N)CCSCC(=O)NC1CCCCCC1. The van der Waals surface area contributed by atoms with Crippen LogP contribution < -0.4 is 11.1 Å². The van der Waals surface area contributed by atoms with Crippen LogP contribution in [0.1, 0.15) is 51.9 Å². The van der Waals surface area contributed by atoms with Gasteiger partial charge in [-0.2, -0.15) is 11.8 Å². The molecule has 100 valence electrons. The van der Waals surface area contributed by atoms with E-state index in [1.54, 1.807) is 11.8 Å². The van der Waals surface area contributed by atoms with Gasteiger partial charge in [0.1, 0.15) is 0 Å². The van der Waals surface area contributed by atoms with Crippen LogP contribution in [0, 0.1) is 0 Å². The second-order valence-electron chi connectivity index (χ2n) is 5.07. The maximum atomic E-state index is 11.7. The molecule has 0 aromatic heterocycles. The number of nitrogens with two attached hydrogens (primary N) is 1. The normalized spacial score (nSPS) is 19.6. The van der Waals surface area contributed by atoms with E-state index in [1.165, 1.54) is 25.7 Å². The largest absolute Gasteiger partial charge is 0.353 e. The third kappa shape index (κ3) is 7.66. The van der Waals surface area contributed by atoms with Crippen LogP contribution in [0.3, 0.4) is 0 Å². The zero-order valence-corrected chi connectivity index (χ0v) is 11.7. The van der Waals surface area contributed by atoms with Crippen LogP contribution in [0.15, 0.2) is 0 Å². The van der Waals surface area contributed by atoms with Crippen LogP contribution >= 0.6 is 11.8 Å². The summed E-state index contributed by atoms with van der Waals surface area (Å²) in [6.45, 7) is 2.01. The van der Waals surface area contributed by atoms with Crippen LogP contribution in [-0.2, 0) is 4.79 Å². The molecular formula is C13H26N2OS. The highest BCUT2D eigenvalue weighted by atomic mass is 32.2. The summed E-state index contributed by atoms with van der Waals surface area (Å²) in [5, 5.41) is 3.16. The maximum absolute atomic E-state index is 11.7. The smallest absolute Gasteiger partial charge is 0.230 e. The predicted molar refractivity (Wildman–Crippen MR) is 75.2 cm³/mol. The minimum absolute atomic E-state index is 0.201. The van der Waals surface area contributed by atoms with Gasteiger partial charge in [-0.15, -0.1) is 0 Å². The summed E-state index contributed by atoms with van der Waals surface area (Å²) in [6, 6.07) is 0.673.